The van der Waals surface area contributed by atoms with Gasteiger partial charge in [-0.05, 0) is 13.0 Å². The van der Waals surface area contributed by atoms with Crippen molar-refractivity contribution in [3.63, 3.8) is 0 Å². The smallest absolute Gasteiger partial charge is 0.407 e. The quantitative estimate of drug-likeness (QED) is 0.871. The maximum absolute atomic E-state index is 14.0. The van der Waals surface area contributed by atoms with Gasteiger partial charge in [0.25, 0.3) is 0 Å². The molecule has 2 heterocycles. The molecule has 0 bridgehead atoms. The number of benzene rings is 1. The van der Waals surface area contributed by atoms with Gasteiger partial charge < -0.3 is 9.84 Å². The van der Waals surface area contributed by atoms with Crippen molar-refractivity contribution in [3.05, 3.63) is 40.3 Å². The minimum absolute atomic E-state index is 0.272. The third-order valence-electron chi connectivity index (χ3n) is 3.38. The zero-order valence-electron chi connectivity index (χ0n) is 11.4. The van der Waals surface area contributed by atoms with Crippen molar-refractivity contribution >= 4 is 17.4 Å². The molecule has 21 heavy (non-hydrogen) atoms. The highest BCUT2D eigenvalue weighted by Crippen LogP contribution is 2.41. The predicted octanol–water partition coefficient (Wildman–Crippen LogP) is 3.82. The lowest BCUT2D eigenvalue weighted by Crippen LogP contribution is -2.34. The summed E-state index contributed by atoms with van der Waals surface area (Å²) >= 11 is 1.40. The minimum Gasteiger partial charge on any atom is -0.487 e. The van der Waals surface area contributed by atoms with Gasteiger partial charge in [-0.3, -0.25) is 4.90 Å². The van der Waals surface area contributed by atoms with Gasteiger partial charge in [-0.2, -0.15) is 0 Å². The lowest BCUT2D eigenvalue weighted by atomic mass is 10.1. The fourth-order valence-electron chi connectivity index (χ4n) is 2.42. The van der Waals surface area contributed by atoms with E-state index in [-0.39, 0.29) is 18.5 Å². The molecule has 1 aliphatic rings. The van der Waals surface area contributed by atoms with E-state index < -0.39 is 6.09 Å². The summed E-state index contributed by atoms with van der Waals surface area (Å²) < 4.78 is 19.8. The van der Waals surface area contributed by atoms with E-state index in [1.807, 2.05) is 12.3 Å². The third kappa shape index (κ3) is 2.58. The molecule has 0 saturated carbocycles. The maximum atomic E-state index is 14.0. The molecule has 1 aromatic carbocycles. The van der Waals surface area contributed by atoms with E-state index >= 15 is 0 Å². The number of thiophene rings is 1. The van der Waals surface area contributed by atoms with E-state index in [1.165, 1.54) is 22.3 Å². The van der Waals surface area contributed by atoms with E-state index in [0.717, 1.165) is 4.88 Å². The normalized spacial score (nSPS) is 17.8. The Morgan fingerprint density at radius 1 is 1.43 bits per heavy atom. The molecule has 0 radical (unpaired) electrons. The largest absolute Gasteiger partial charge is 0.487 e. The van der Waals surface area contributed by atoms with Gasteiger partial charge in [0, 0.05) is 16.5 Å². The number of hydrogen-bond donors (Lipinski definition) is 1. The van der Waals surface area contributed by atoms with Gasteiger partial charge in [-0.25, -0.2) is 9.18 Å². The number of rotatable bonds is 1. The zero-order chi connectivity index (χ0) is 15.0. The van der Waals surface area contributed by atoms with Crippen LogP contribution in [0.3, 0.4) is 0 Å². The summed E-state index contributed by atoms with van der Waals surface area (Å²) in [6, 6.07) is 6.51. The average molecular weight is 307 g/mol. The van der Waals surface area contributed by atoms with E-state index in [0.29, 0.717) is 23.4 Å². The highest BCUT2D eigenvalue weighted by molar-refractivity contribution is 7.10. The Morgan fingerprint density at radius 3 is 2.90 bits per heavy atom. The Kier molecular flexibility index (Phi) is 3.55. The van der Waals surface area contributed by atoms with Gasteiger partial charge in [-0.15, -0.1) is 11.3 Å². The Hall–Kier alpha value is -2.08. The van der Waals surface area contributed by atoms with Crippen LogP contribution in [0.2, 0.25) is 0 Å². The first-order valence-corrected chi connectivity index (χ1v) is 7.44. The van der Waals surface area contributed by atoms with E-state index in [1.54, 1.807) is 18.2 Å². The van der Waals surface area contributed by atoms with Crippen molar-refractivity contribution in [2.24, 2.45) is 0 Å². The zero-order valence-corrected chi connectivity index (χ0v) is 12.2. The number of carbonyl (C=O) groups is 1. The first kappa shape index (κ1) is 13.9. The highest BCUT2D eigenvalue weighted by Gasteiger charge is 2.27. The van der Waals surface area contributed by atoms with Crippen molar-refractivity contribution in [3.8, 4) is 16.9 Å². The topological polar surface area (TPSA) is 49.8 Å². The fraction of sp³-hybridized carbons (Fsp3) is 0.267. The van der Waals surface area contributed by atoms with Crippen LogP contribution in [0.1, 0.15) is 11.8 Å². The molecule has 1 N–H and O–H groups in total. The summed E-state index contributed by atoms with van der Waals surface area (Å²) in [7, 11) is 0. The Balaban J connectivity index is 2.05. The molecule has 1 aliphatic heterocycles. The second-order valence-corrected chi connectivity index (χ2v) is 5.94. The highest BCUT2D eigenvalue weighted by atomic mass is 32.1. The number of nitrogens with zero attached hydrogens (tertiary/aromatic N) is 1. The monoisotopic (exact) mass is 307 g/mol. The molecule has 1 unspecified atom stereocenters. The molecule has 1 amide bonds. The molecule has 4 nitrogen and oxygen atoms in total. The maximum Gasteiger partial charge on any atom is 0.407 e. The summed E-state index contributed by atoms with van der Waals surface area (Å²) in [5.41, 5.74) is 1.16. The number of halogens is 1. The van der Waals surface area contributed by atoms with E-state index in [9.17, 15) is 14.3 Å². The molecule has 2 aromatic rings. The Bertz CT molecular complexity index is 685. The second kappa shape index (κ2) is 5.37. The molecule has 0 saturated heterocycles. The molecule has 1 atom stereocenters. The molecule has 110 valence electrons. The SMILES string of the molecule is CC1CN(C(=O)O)Cc2scc(-c3ccccc3F)c2O1. The lowest BCUT2D eigenvalue weighted by Gasteiger charge is -2.18. The third-order valence-corrected chi connectivity index (χ3v) is 4.34. The molecular formula is C15H14FNO3S. The van der Waals surface area contributed by atoms with Gasteiger partial charge in [0.15, 0.2) is 0 Å². The first-order valence-electron chi connectivity index (χ1n) is 6.56. The number of hydrogen-bond acceptors (Lipinski definition) is 3. The van der Waals surface area contributed by atoms with Gasteiger partial charge in [0.2, 0.25) is 0 Å². The Morgan fingerprint density at radius 2 is 2.19 bits per heavy atom. The fourth-order valence-corrected chi connectivity index (χ4v) is 3.41. The number of carboxylic acid groups (broad SMARTS) is 1. The van der Waals surface area contributed by atoms with Crippen molar-refractivity contribution in [2.75, 3.05) is 6.54 Å². The lowest BCUT2D eigenvalue weighted by molar-refractivity contribution is 0.121. The molecule has 0 fully saturated rings. The molecule has 0 spiro atoms. The van der Waals surface area contributed by atoms with Crippen LogP contribution in [-0.4, -0.2) is 28.7 Å². The van der Waals surface area contributed by atoms with Gasteiger partial charge in [0.1, 0.15) is 17.7 Å². The predicted molar refractivity (Wildman–Crippen MR) is 78.2 cm³/mol. The van der Waals surface area contributed by atoms with Crippen molar-refractivity contribution in [1.82, 2.24) is 4.90 Å². The van der Waals surface area contributed by atoms with Crippen LogP contribution in [0, 0.1) is 5.82 Å². The minimum atomic E-state index is -0.973. The number of amides is 1. The standard InChI is InChI=1S/C15H14FNO3S/c1-9-6-17(15(18)19)7-13-14(20-9)11(8-21-13)10-4-2-3-5-12(10)16/h2-5,8-9H,6-7H2,1H3,(H,18,19). The van der Waals surface area contributed by atoms with Gasteiger partial charge >= 0.3 is 6.09 Å². The van der Waals surface area contributed by atoms with E-state index in [2.05, 4.69) is 0 Å². The van der Waals surface area contributed by atoms with Crippen LogP contribution in [0.4, 0.5) is 9.18 Å². The second-order valence-electron chi connectivity index (χ2n) is 4.97. The van der Waals surface area contributed by atoms with Crippen LogP contribution in [-0.2, 0) is 6.54 Å². The van der Waals surface area contributed by atoms with Crippen LogP contribution < -0.4 is 4.74 Å². The summed E-state index contributed by atoms with van der Waals surface area (Å²) in [4.78, 5) is 13.3. The summed E-state index contributed by atoms with van der Waals surface area (Å²) in [5, 5.41) is 11.0. The van der Waals surface area contributed by atoms with Crippen LogP contribution in [0.15, 0.2) is 29.6 Å². The average Bonchev–Trinajstić information content (AvgIpc) is 2.73. The molecule has 1 aromatic heterocycles. The van der Waals surface area contributed by atoms with Crippen molar-refractivity contribution in [1.29, 1.82) is 0 Å². The van der Waals surface area contributed by atoms with Crippen molar-refractivity contribution < 1.29 is 19.0 Å². The van der Waals surface area contributed by atoms with Crippen LogP contribution in [0.25, 0.3) is 11.1 Å². The molecule has 3 rings (SSSR count). The van der Waals surface area contributed by atoms with Gasteiger partial charge in [0.05, 0.1) is 18.0 Å². The van der Waals surface area contributed by atoms with Crippen LogP contribution in [0.5, 0.6) is 5.75 Å². The van der Waals surface area contributed by atoms with Crippen molar-refractivity contribution in [2.45, 2.75) is 19.6 Å². The van der Waals surface area contributed by atoms with Gasteiger partial charge in [-0.1, -0.05) is 18.2 Å². The number of ether oxygens (including phenoxy) is 1. The molecular weight excluding hydrogens is 293 g/mol. The first-order chi connectivity index (χ1) is 10.1. The van der Waals surface area contributed by atoms with E-state index in [4.69, 9.17) is 4.74 Å². The molecule has 0 aliphatic carbocycles. The van der Waals surface area contributed by atoms with Crippen LogP contribution >= 0.6 is 11.3 Å². The summed E-state index contributed by atoms with van der Waals surface area (Å²) in [6.45, 7) is 2.38. The summed E-state index contributed by atoms with van der Waals surface area (Å²) in [5.74, 6) is 0.287. The molecule has 6 heteroatoms. The summed E-state index contributed by atoms with van der Waals surface area (Å²) in [6.07, 6.45) is -1.25. The number of fused-ring (bicyclic) bond motifs is 1. The Labute approximate surface area is 125 Å².